The van der Waals surface area contributed by atoms with Gasteiger partial charge in [0.1, 0.15) is 0 Å². The van der Waals surface area contributed by atoms with E-state index in [4.69, 9.17) is 22.9 Å². The Labute approximate surface area is 109 Å². The van der Waals surface area contributed by atoms with Crippen molar-refractivity contribution in [2.24, 2.45) is 0 Å². The number of anilines is 4. The van der Waals surface area contributed by atoms with Crippen molar-refractivity contribution in [2.75, 3.05) is 22.9 Å². The van der Waals surface area contributed by atoms with Gasteiger partial charge in [0.25, 0.3) is 11.9 Å². The van der Waals surface area contributed by atoms with Crippen LogP contribution < -0.4 is 22.9 Å². The molecule has 3 aromatic rings. The molecule has 0 spiro atoms. The summed E-state index contributed by atoms with van der Waals surface area (Å²) in [6.07, 6.45) is 0. The predicted molar refractivity (Wildman–Crippen MR) is 65.1 cm³/mol. The van der Waals surface area contributed by atoms with Gasteiger partial charge in [0, 0.05) is 0 Å². The van der Waals surface area contributed by atoms with Crippen LogP contribution in [0.4, 0.5) is 23.8 Å². The minimum absolute atomic E-state index is 0.00311. The molecule has 3 aromatic heterocycles. The summed E-state index contributed by atoms with van der Waals surface area (Å²) in [4.78, 5) is 7.39. The van der Waals surface area contributed by atoms with Crippen LogP contribution in [0.15, 0.2) is 0 Å². The van der Waals surface area contributed by atoms with Crippen LogP contribution in [0.3, 0.4) is 0 Å². The SMILES string of the molecule is Nc1nc(N)n(-c2nnc(-n3nc(N)nc3N)nn2)n1. The van der Waals surface area contributed by atoms with Gasteiger partial charge in [-0.05, 0) is 0 Å². The number of nitrogen functional groups attached to an aromatic ring is 4. The van der Waals surface area contributed by atoms with Crippen molar-refractivity contribution in [1.29, 1.82) is 0 Å². The minimum atomic E-state index is -0.0246. The Kier molecular flexibility index (Phi) is 2.28. The third-order valence-corrected chi connectivity index (χ3v) is 2.13. The lowest BCUT2D eigenvalue weighted by molar-refractivity contribution is 0.687. The van der Waals surface area contributed by atoms with Gasteiger partial charge >= 0.3 is 0 Å². The molecular formula is C6H8N14. The van der Waals surface area contributed by atoms with Crippen LogP contribution >= 0.6 is 0 Å². The van der Waals surface area contributed by atoms with E-state index in [0.29, 0.717) is 0 Å². The van der Waals surface area contributed by atoms with Crippen LogP contribution in [-0.4, -0.2) is 49.9 Å². The van der Waals surface area contributed by atoms with Gasteiger partial charge in [0.15, 0.2) is 0 Å². The molecule has 14 nitrogen and oxygen atoms in total. The second-order valence-corrected chi connectivity index (χ2v) is 3.48. The lowest BCUT2D eigenvalue weighted by atomic mass is 10.9. The lowest BCUT2D eigenvalue weighted by Gasteiger charge is -2.00. The zero-order valence-electron chi connectivity index (χ0n) is 9.78. The van der Waals surface area contributed by atoms with Gasteiger partial charge in [0.2, 0.25) is 23.8 Å². The van der Waals surface area contributed by atoms with E-state index < -0.39 is 0 Å². The predicted octanol–water partition coefficient (Wildman–Crippen LogP) is -3.24. The highest BCUT2D eigenvalue weighted by molar-refractivity contribution is 5.33. The fourth-order valence-corrected chi connectivity index (χ4v) is 1.36. The summed E-state index contributed by atoms with van der Waals surface area (Å²) >= 11 is 0. The molecule has 0 saturated carbocycles. The van der Waals surface area contributed by atoms with E-state index in [-0.39, 0.29) is 35.7 Å². The highest BCUT2D eigenvalue weighted by Gasteiger charge is 2.14. The Morgan fingerprint density at radius 3 is 1.20 bits per heavy atom. The smallest absolute Gasteiger partial charge is 0.292 e. The second-order valence-electron chi connectivity index (χ2n) is 3.48. The van der Waals surface area contributed by atoms with Crippen LogP contribution in [0.2, 0.25) is 0 Å². The Bertz CT molecular complexity index is 685. The van der Waals surface area contributed by atoms with E-state index in [9.17, 15) is 0 Å². The summed E-state index contributed by atoms with van der Waals surface area (Å²) in [5.74, 6) is -0.0668. The van der Waals surface area contributed by atoms with Crippen LogP contribution in [-0.2, 0) is 0 Å². The van der Waals surface area contributed by atoms with Crippen molar-refractivity contribution in [3.8, 4) is 11.9 Å². The molecule has 3 rings (SSSR count). The monoisotopic (exact) mass is 276 g/mol. The van der Waals surface area contributed by atoms with E-state index in [2.05, 4.69) is 40.6 Å². The molecule has 20 heavy (non-hydrogen) atoms. The van der Waals surface area contributed by atoms with Crippen molar-refractivity contribution in [3.05, 3.63) is 0 Å². The first-order valence-electron chi connectivity index (χ1n) is 5.09. The maximum absolute atomic E-state index is 5.56. The van der Waals surface area contributed by atoms with Crippen molar-refractivity contribution in [2.45, 2.75) is 0 Å². The fraction of sp³-hybridized carbons (Fsp3) is 0. The summed E-state index contributed by atoms with van der Waals surface area (Å²) in [7, 11) is 0. The minimum Gasteiger partial charge on any atom is -0.368 e. The average Bonchev–Trinajstić information content (AvgIpc) is 2.92. The topological polar surface area (TPSA) is 217 Å². The molecule has 0 aliphatic carbocycles. The fourth-order valence-electron chi connectivity index (χ4n) is 1.36. The Hall–Kier alpha value is -3.58. The Balaban J connectivity index is 1.99. The Morgan fingerprint density at radius 1 is 0.600 bits per heavy atom. The van der Waals surface area contributed by atoms with Crippen LogP contribution in [0, 0.1) is 0 Å². The normalized spacial score (nSPS) is 10.8. The molecule has 0 unspecified atom stereocenters. The standard InChI is InChI=1S/C6H8N14/c7-1-11-3(9)19(17-1)5-13-15-6(16-14-5)20-4(10)12-2(8)18-20/h(H4,7,9,11,17)(H4,8,10,12,18). The van der Waals surface area contributed by atoms with Crippen molar-refractivity contribution < 1.29 is 0 Å². The van der Waals surface area contributed by atoms with Gasteiger partial charge in [-0.15, -0.1) is 30.6 Å². The molecule has 0 aliphatic heterocycles. The first kappa shape index (κ1) is 11.5. The molecule has 8 N–H and O–H groups in total. The number of hydrogen-bond acceptors (Lipinski definition) is 12. The molecule has 0 fully saturated rings. The zero-order chi connectivity index (χ0) is 14.3. The van der Waals surface area contributed by atoms with E-state index >= 15 is 0 Å². The van der Waals surface area contributed by atoms with Crippen LogP contribution in [0.1, 0.15) is 0 Å². The quantitative estimate of drug-likeness (QED) is 0.362. The van der Waals surface area contributed by atoms with Gasteiger partial charge in [0.05, 0.1) is 0 Å². The first-order chi connectivity index (χ1) is 9.54. The number of nitrogens with zero attached hydrogens (tertiary/aromatic N) is 10. The van der Waals surface area contributed by atoms with Gasteiger partial charge < -0.3 is 22.9 Å². The maximum Gasteiger partial charge on any atom is 0.292 e. The van der Waals surface area contributed by atoms with Crippen molar-refractivity contribution in [1.82, 2.24) is 49.9 Å². The summed E-state index contributed by atoms with van der Waals surface area (Å²) in [6.45, 7) is 0. The third kappa shape index (κ3) is 1.76. The van der Waals surface area contributed by atoms with E-state index in [0.717, 1.165) is 9.36 Å². The third-order valence-electron chi connectivity index (χ3n) is 2.13. The van der Waals surface area contributed by atoms with Gasteiger partial charge in [-0.25, -0.2) is 0 Å². The summed E-state index contributed by atoms with van der Waals surface area (Å²) in [5, 5.41) is 22.6. The van der Waals surface area contributed by atoms with Gasteiger partial charge in [-0.2, -0.15) is 19.3 Å². The number of aromatic nitrogens is 10. The summed E-state index contributed by atoms with van der Waals surface area (Å²) in [5.41, 5.74) is 21.9. The van der Waals surface area contributed by atoms with Gasteiger partial charge in [-0.3, -0.25) is 0 Å². The van der Waals surface area contributed by atoms with E-state index in [1.165, 1.54) is 0 Å². The molecule has 14 heteroatoms. The van der Waals surface area contributed by atoms with E-state index in [1.807, 2.05) is 0 Å². The Morgan fingerprint density at radius 2 is 0.950 bits per heavy atom. The van der Waals surface area contributed by atoms with Crippen molar-refractivity contribution >= 4 is 23.8 Å². The highest BCUT2D eigenvalue weighted by atomic mass is 15.5. The molecule has 0 atom stereocenters. The molecule has 0 amide bonds. The number of rotatable bonds is 2. The second kappa shape index (κ2) is 3.97. The molecule has 0 aromatic carbocycles. The highest BCUT2D eigenvalue weighted by Crippen LogP contribution is 2.08. The summed E-state index contributed by atoms with van der Waals surface area (Å²) < 4.78 is 2.16. The molecule has 0 bridgehead atoms. The van der Waals surface area contributed by atoms with Crippen LogP contribution in [0.25, 0.3) is 11.9 Å². The lowest BCUT2D eigenvalue weighted by Crippen LogP contribution is -2.14. The zero-order valence-corrected chi connectivity index (χ0v) is 9.78. The molecule has 3 heterocycles. The number of nitrogens with two attached hydrogens (primary N) is 4. The first-order valence-corrected chi connectivity index (χ1v) is 5.09. The van der Waals surface area contributed by atoms with E-state index in [1.54, 1.807) is 0 Å². The maximum atomic E-state index is 5.56. The molecule has 0 saturated heterocycles. The van der Waals surface area contributed by atoms with Gasteiger partial charge in [-0.1, -0.05) is 0 Å². The van der Waals surface area contributed by atoms with Crippen molar-refractivity contribution in [3.63, 3.8) is 0 Å². The molecular weight excluding hydrogens is 268 g/mol. The average molecular weight is 276 g/mol. The summed E-state index contributed by atoms with van der Waals surface area (Å²) in [6, 6.07) is 0. The molecule has 102 valence electrons. The molecule has 0 aliphatic rings. The molecule has 0 radical (unpaired) electrons. The largest absolute Gasteiger partial charge is 0.368 e. The van der Waals surface area contributed by atoms with Crippen LogP contribution in [0.5, 0.6) is 0 Å². The number of hydrogen-bond donors (Lipinski definition) is 4.